The molecule has 1 N–H and O–H groups in total. The van der Waals surface area contributed by atoms with Crippen LogP contribution in [-0.4, -0.2) is 20.9 Å². The molecule has 0 bridgehead atoms. The van der Waals surface area contributed by atoms with Gasteiger partial charge in [0.15, 0.2) is 5.78 Å². The summed E-state index contributed by atoms with van der Waals surface area (Å²) in [5.41, 5.74) is 7.96. The number of aliphatic hydroxyl groups excluding tert-OH is 1. The van der Waals surface area contributed by atoms with Gasteiger partial charge in [0.1, 0.15) is 17.1 Å². The number of pyridine rings is 2. The molecule has 0 unspecified atom stereocenters. The summed E-state index contributed by atoms with van der Waals surface area (Å²) in [7, 11) is 0. The number of carbonyl (C=O) groups is 1. The summed E-state index contributed by atoms with van der Waals surface area (Å²) >= 11 is 0. The Morgan fingerprint density at radius 1 is 0.843 bits per heavy atom. The van der Waals surface area contributed by atoms with E-state index in [0.29, 0.717) is 0 Å². The SMILES string of the molecule is CCC(C)(CC)C(=O)/C=C(\O)C(C)(CC)CC.[Ir].[c-]1c(-c2nccc3c4c(oc23)-c2cnccc2CC4)cc(-c2ccccc2)c2ccccc12. The zero-order chi connectivity index (χ0) is 35.5. The van der Waals surface area contributed by atoms with Crippen LogP contribution in [0.3, 0.4) is 0 Å². The molecule has 5 nitrogen and oxygen atoms in total. The van der Waals surface area contributed by atoms with Crippen molar-refractivity contribution in [1.29, 1.82) is 0 Å². The number of furan rings is 1. The molecular formula is C45H47IrN2O3-. The predicted molar refractivity (Wildman–Crippen MR) is 205 cm³/mol. The molecule has 3 aromatic carbocycles. The summed E-state index contributed by atoms with van der Waals surface area (Å²) in [6.45, 7) is 12.1. The van der Waals surface area contributed by atoms with Crippen molar-refractivity contribution in [2.45, 2.75) is 80.1 Å². The molecule has 51 heavy (non-hydrogen) atoms. The summed E-state index contributed by atoms with van der Waals surface area (Å²) in [5, 5.41) is 13.5. The van der Waals surface area contributed by atoms with Crippen LogP contribution in [0.4, 0.5) is 0 Å². The Labute approximate surface area is 315 Å². The number of fused-ring (bicyclic) bond motifs is 6. The van der Waals surface area contributed by atoms with Crippen molar-refractivity contribution >= 4 is 27.5 Å². The molecule has 3 heterocycles. The van der Waals surface area contributed by atoms with Crippen LogP contribution >= 0.6 is 0 Å². The Hall–Kier alpha value is -4.38. The van der Waals surface area contributed by atoms with Crippen molar-refractivity contribution in [3.63, 3.8) is 0 Å². The molecule has 1 radical (unpaired) electrons. The first-order valence-corrected chi connectivity index (χ1v) is 18.0. The molecule has 3 aromatic heterocycles. The van der Waals surface area contributed by atoms with Crippen LogP contribution in [0.25, 0.3) is 55.4 Å². The van der Waals surface area contributed by atoms with Gasteiger partial charge in [0.25, 0.3) is 0 Å². The van der Waals surface area contributed by atoms with Crippen molar-refractivity contribution in [3.05, 3.63) is 120 Å². The number of carbonyl (C=O) groups excluding carboxylic acids is 1. The van der Waals surface area contributed by atoms with Crippen molar-refractivity contribution in [1.82, 2.24) is 9.97 Å². The standard InChI is InChI=1S/C30H19N2O.C15H28O2.Ir/c1-2-6-19(7-3-1)26-17-22(16-21-8-4-5-9-23(21)26)28-30-25(13-15-32-28)24-11-10-20-12-14-31-18-27(20)29(24)33-30;1-7-14(5,8-2)12(16)11-13(17)15(6,9-3)10-4;/h1-9,12-15,17-18H,10-11H2;11,16H,7-10H2,1-6H3;/q-1;;/b;12-11-;. The maximum Gasteiger partial charge on any atom is 0.164 e. The maximum absolute atomic E-state index is 12.2. The normalized spacial score (nSPS) is 12.8. The topological polar surface area (TPSA) is 76.2 Å². The first-order valence-electron chi connectivity index (χ1n) is 18.0. The quantitative estimate of drug-likeness (QED) is 0.0890. The van der Waals surface area contributed by atoms with E-state index in [1.165, 1.54) is 33.7 Å². The van der Waals surface area contributed by atoms with E-state index in [1.807, 2.05) is 66.2 Å². The number of nitrogens with zero attached hydrogens (tertiary/aromatic N) is 2. The number of aromatic nitrogens is 2. The third-order valence-electron chi connectivity index (χ3n) is 11.2. The first-order chi connectivity index (χ1) is 24.2. The number of aryl methyl sites for hydroxylation is 2. The number of allylic oxidation sites excluding steroid dienone is 2. The van der Waals surface area contributed by atoms with Crippen molar-refractivity contribution < 1.29 is 34.4 Å². The van der Waals surface area contributed by atoms with Crippen LogP contribution in [-0.2, 0) is 37.7 Å². The number of hydrogen-bond donors (Lipinski definition) is 1. The van der Waals surface area contributed by atoms with Gasteiger partial charge in [-0.3, -0.25) is 14.8 Å². The molecule has 6 aromatic rings. The van der Waals surface area contributed by atoms with E-state index >= 15 is 0 Å². The number of hydrogen-bond acceptors (Lipinski definition) is 5. The van der Waals surface area contributed by atoms with Gasteiger partial charge >= 0.3 is 0 Å². The summed E-state index contributed by atoms with van der Waals surface area (Å²) in [4.78, 5) is 21.3. The van der Waals surface area contributed by atoms with Crippen LogP contribution in [0, 0.1) is 16.9 Å². The molecule has 7 rings (SSSR count). The van der Waals surface area contributed by atoms with Crippen LogP contribution in [0.2, 0.25) is 0 Å². The minimum Gasteiger partial charge on any atom is -0.512 e. The van der Waals surface area contributed by atoms with E-state index < -0.39 is 0 Å². The second kappa shape index (κ2) is 15.9. The number of benzene rings is 3. The van der Waals surface area contributed by atoms with Crippen LogP contribution in [0.5, 0.6) is 0 Å². The third kappa shape index (κ3) is 7.36. The molecule has 265 valence electrons. The molecule has 0 spiro atoms. The van der Waals surface area contributed by atoms with Gasteiger partial charge in [-0.2, -0.15) is 0 Å². The van der Waals surface area contributed by atoms with E-state index in [1.54, 1.807) is 0 Å². The summed E-state index contributed by atoms with van der Waals surface area (Å²) in [5.74, 6) is 1.21. The Bertz CT molecular complexity index is 2180. The number of rotatable bonds is 9. The molecule has 0 saturated heterocycles. The molecule has 0 amide bonds. The minimum absolute atomic E-state index is 0. The van der Waals surface area contributed by atoms with E-state index in [2.05, 4.69) is 77.8 Å². The van der Waals surface area contributed by atoms with Crippen molar-refractivity contribution in [2.24, 2.45) is 10.8 Å². The van der Waals surface area contributed by atoms with Crippen LogP contribution < -0.4 is 0 Å². The zero-order valence-corrected chi connectivity index (χ0v) is 32.9. The number of aliphatic hydroxyl groups is 1. The van der Waals surface area contributed by atoms with E-state index in [9.17, 15) is 9.90 Å². The van der Waals surface area contributed by atoms with E-state index in [0.717, 1.165) is 77.5 Å². The Morgan fingerprint density at radius 3 is 2.24 bits per heavy atom. The van der Waals surface area contributed by atoms with Gasteiger partial charge in [0.2, 0.25) is 0 Å². The van der Waals surface area contributed by atoms with Crippen molar-refractivity contribution in [2.75, 3.05) is 0 Å². The van der Waals surface area contributed by atoms with E-state index in [4.69, 9.17) is 9.40 Å². The average molecular weight is 856 g/mol. The third-order valence-corrected chi connectivity index (χ3v) is 11.2. The molecule has 0 aliphatic heterocycles. The van der Waals surface area contributed by atoms with E-state index in [-0.39, 0.29) is 42.5 Å². The van der Waals surface area contributed by atoms with Crippen LogP contribution in [0.1, 0.15) is 78.4 Å². The molecule has 1 aliphatic carbocycles. The minimum atomic E-state index is -0.337. The summed E-state index contributed by atoms with van der Waals surface area (Å²) < 4.78 is 6.54. The first kappa shape index (κ1) is 37.9. The largest absolute Gasteiger partial charge is 0.512 e. The summed E-state index contributed by atoms with van der Waals surface area (Å²) in [6.07, 6.45) is 12.4. The van der Waals surface area contributed by atoms with Crippen molar-refractivity contribution in [3.8, 4) is 33.7 Å². The number of ketones is 1. The molecule has 0 atom stereocenters. The molecular weight excluding hydrogens is 809 g/mol. The van der Waals surface area contributed by atoms with Crippen LogP contribution in [0.15, 0.2) is 108 Å². The van der Waals surface area contributed by atoms with Gasteiger partial charge in [0, 0.05) is 77.8 Å². The maximum atomic E-state index is 12.2. The fraction of sp³-hybridized carbons (Fsp3) is 0.311. The second-order valence-corrected chi connectivity index (χ2v) is 13.9. The van der Waals surface area contributed by atoms with Gasteiger partial charge in [-0.25, -0.2) is 0 Å². The Balaban J connectivity index is 0.000000242. The fourth-order valence-electron chi connectivity index (χ4n) is 6.74. The van der Waals surface area contributed by atoms with Gasteiger partial charge in [0.05, 0.1) is 0 Å². The van der Waals surface area contributed by atoms with Gasteiger partial charge in [-0.15, -0.1) is 23.6 Å². The molecule has 0 fully saturated rings. The molecule has 0 saturated carbocycles. The molecule has 1 aliphatic rings. The van der Waals surface area contributed by atoms with Gasteiger partial charge < -0.3 is 9.52 Å². The monoisotopic (exact) mass is 856 g/mol. The predicted octanol–water partition coefficient (Wildman–Crippen LogP) is 11.9. The Kier molecular flexibility index (Phi) is 11.8. The Morgan fingerprint density at radius 2 is 1.53 bits per heavy atom. The smallest absolute Gasteiger partial charge is 0.164 e. The summed E-state index contributed by atoms with van der Waals surface area (Å²) in [6, 6.07) is 28.9. The average Bonchev–Trinajstić information content (AvgIpc) is 3.57. The zero-order valence-electron chi connectivity index (χ0n) is 30.5. The second-order valence-electron chi connectivity index (χ2n) is 13.9. The van der Waals surface area contributed by atoms with Gasteiger partial charge in [-0.1, -0.05) is 107 Å². The molecule has 6 heteroatoms. The fourth-order valence-corrected chi connectivity index (χ4v) is 6.74. The van der Waals surface area contributed by atoms with Gasteiger partial charge in [-0.05, 0) is 61.8 Å².